The second-order valence-electron chi connectivity index (χ2n) is 3.80. The lowest BCUT2D eigenvalue weighted by Gasteiger charge is -2.09. The number of aliphatic hydroxyl groups is 2. The van der Waals surface area contributed by atoms with Crippen LogP contribution in [0.25, 0.3) is 0 Å². The van der Waals surface area contributed by atoms with Gasteiger partial charge in [0.05, 0.1) is 19.3 Å². The summed E-state index contributed by atoms with van der Waals surface area (Å²) in [6.07, 6.45) is 0. The zero-order valence-corrected chi connectivity index (χ0v) is 11.5. The van der Waals surface area contributed by atoms with Gasteiger partial charge in [0.1, 0.15) is 12.4 Å². The maximum Gasteiger partial charge on any atom is 0.134 e. The Kier molecular flexibility index (Phi) is 6.66. The van der Waals surface area contributed by atoms with E-state index in [0.29, 0.717) is 5.75 Å². The number of ether oxygens (including phenoxy) is 1. The van der Waals surface area contributed by atoms with Crippen LogP contribution in [0.3, 0.4) is 0 Å². The van der Waals surface area contributed by atoms with Crippen LogP contribution in [-0.2, 0) is 5.75 Å². The average Bonchev–Trinajstić information content (AvgIpc) is 2.42. The Balaban J connectivity index is 2.82. The molecule has 0 aliphatic rings. The summed E-state index contributed by atoms with van der Waals surface area (Å²) < 4.78 is 5.21. The van der Waals surface area contributed by atoms with Crippen molar-refractivity contribution in [3.05, 3.63) is 29.3 Å². The van der Waals surface area contributed by atoms with Crippen molar-refractivity contribution in [3.8, 4) is 17.6 Å². The minimum absolute atomic E-state index is 0.163. The van der Waals surface area contributed by atoms with Gasteiger partial charge in [-0.25, -0.2) is 0 Å². The number of methoxy groups -OCH3 is 1. The number of aliphatic hydroxyl groups excluding tert-OH is 2. The Hall–Kier alpha value is -1.15. The van der Waals surface area contributed by atoms with Crippen LogP contribution in [0.15, 0.2) is 18.2 Å². The Morgan fingerprint density at radius 2 is 2.17 bits per heavy atom. The van der Waals surface area contributed by atoms with Crippen molar-refractivity contribution in [2.45, 2.75) is 17.9 Å². The third-order valence-corrected chi connectivity index (χ3v) is 3.58. The zero-order chi connectivity index (χ0) is 13.4. The normalized spacial score (nSPS) is 11.6. The van der Waals surface area contributed by atoms with Crippen LogP contribution in [0, 0.1) is 11.8 Å². The first-order valence-electron chi connectivity index (χ1n) is 5.70. The van der Waals surface area contributed by atoms with E-state index in [9.17, 15) is 0 Å². The first-order chi connectivity index (χ1) is 8.71. The van der Waals surface area contributed by atoms with Crippen molar-refractivity contribution in [1.82, 2.24) is 0 Å². The predicted molar refractivity (Wildman–Crippen MR) is 74.8 cm³/mol. The number of hydrogen-bond acceptors (Lipinski definition) is 4. The van der Waals surface area contributed by atoms with Gasteiger partial charge >= 0.3 is 0 Å². The first-order valence-corrected chi connectivity index (χ1v) is 6.75. The van der Waals surface area contributed by atoms with E-state index in [0.717, 1.165) is 16.9 Å². The monoisotopic (exact) mass is 266 g/mol. The second-order valence-corrected chi connectivity index (χ2v) is 5.23. The molecule has 1 rings (SSSR count). The summed E-state index contributed by atoms with van der Waals surface area (Å²) >= 11 is 1.69. The van der Waals surface area contributed by atoms with Gasteiger partial charge in [-0.3, -0.25) is 0 Å². The van der Waals surface area contributed by atoms with Gasteiger partial charge in [-0.2, -0.15) is 11.8 Å². The Labute approximate surface area is 112 Å². The molecule has 0 aromatic heterocycles. The Bertz CT molecular complexity index is 434. The van der Waals surface area contributed by atoms with E-state index in [1.165, 1.54) is 0 Å². The lowest BCUT2D eigenvalue weighted by Crippen LogP contribution is -2.02. The van der Waals surface area contributed by atoms with Gasteiger partial charge in [0.25, 0.3) is 0 Å². The summed E-state index contributed by atoms with van der Waals surface area (Å²) in [7, 11) is 1.60. The molecule has 1 atom stereocenters. The van der Waals surface area contributed by atoms with E-state index < -0.39 is 0 Å². The molecule has 1 aromatic carbocycles. The highest BCUT2D eigenvalue weighted by Gasteiger charge is 2.05. The predicted octanol–water partition coefficient (Wildman–Crippen LogP) is 1.65. The minimum Gasteiger partial charge on any atom is -0.495 e. The van der Waals surface area contributed by atoms with Crippen LogP contribution in [0.5, 0.6) is 5.75 Å². The molecule has 0 aliphatic carbocycles. The fourth-order valence-electron chi connectivity index (χ4n) is 1.37. The smallest absolute Gasteiger partial charge is 0.134 e. The minimum atomic E-state index is -0.163. The first kappa shape index (κ1) is 14.9. The summed E-state index contributed by atoms with van der Waals surface area (Å²) in [6.45, 7) is 2.00. The SMILES string of the molecule is COc1ccc(CSC(C)CO)cc1C#CCO. The van der Waals surface area contributed by atoms with Gasteiger partial charge in [-0.15, -0.1) is 0 Å². The van der Waals surface area contributed by atoms with E-state index in [4.69, 9.17) is 14.9 Å². The quantitative estimate of drug-likeness (QED) is 0.796. The molecular weight excluding hydrogens is 248 g/mol. The van der Waals surface area contributed by atoms with Gasteiger partial charge in [-0.05, 0) is 17.7 Å². The van der Waals surface area contributed by atoms with E-state index in [2.05, 4.69) is 11.8 Å². The standard InChI is InChI=1S/C14H18O3S/c1-11(9-16)18-10-12-5-6-14(17-2)13(8-12)4-3-7-15/h5-6,8,11,15-16H,7,9-10H2,1-2H3. The molecule has 0 saturated carbocycles. The van der Waals surface area contributed by atoms with Crippen LogP contribution in [-0.4, -0.2) is 35.8 Å². The van der Waals surface area contributed by atoms with E-state index in [1.807, 2.05) is 25.1 Å². The summed E-state index contributed by atoms with van der Waals surface area (Å²) in [6, 6.07) is 5.82. The molecule has 1 aromatic rings. The third-order valence-electron chi connectivity index (χ3n) is 2.36. The van der Waals surface area contributed by atoms with Crippen LogP contribution in [0.2, 0.25) is 0 Å². The van der Waals surface area contributed by atoms with E-state index in [1.54, 1.807) is 18.9 Å². The fourth-order valence-corrected chi connectivity index (χ4v) is 2.13. The number of rotatable bonds is 5. The highest BCUT2D eigenvalue weighted by Crippen LogP contribution is 2.23. The number of benzene rings is 1. The molecule has 98 valence electrons. The molecule has 0 amide bonds. The molecule has 2 N–H and O–H groups in total. The summed E-state index contributed by atoms with van der Waals surface area (Å²) in [4.78, 5) is 0. The van der Waals surface area contributed by atoms with Crippen molar-refractivity contribution in [3.63, 3.8) is 0 Å². The highest BCUT2D eigenvalue weighted by molar-refractivity contribution is 7.99. The summed E-state index contributed by atoms with van der Waals surface area (Å²) in [5.74, 6) is 7.02. The van der Waals surface area contributed by atoms with Gasteiger partial charge in [-0.1, -0.05) is 24.8 Å². The number of thioether (sulfide) groups is 1. The molecule has 0 spiro atoms. The molecule has 0 aliphatic heterocycles. The van der Waals surface area contributed by atoms with E-state index >= 15 is 0 Å². The molecule has 0 bridgehead atoms. The molecule has 0 fully saturated rings. The molecule has 0 saturated heterocycles. The fraction of sp³-hybridized carbons (Fsp3) is 0.429. The lowest BCUT2D eigenvalue weighted by atomic mass is 10.1. The van der Waals surface area contributed by atoms with Gasteiger partial charge in [0, 0.05) is 11.0 Å². The summed E-state index contributed by atoms with van der Waals surface area (Å²) in [5.41, 5.74) is 1.91. The van der Waals surface area contributed by atoms with Crippen LogP contribution < -0.4 is 4.74 Å². The average molecular weight is 266 g/mol. The molecule has 0 radical (unpaired) electrons. The lowest BCUT2D eigenvalue weighted by molar-refractivity contribution is 0.300. The van der Waals surface area contributed by atoms with E-state index in [-0.39, 0.29) is 18.5 Å². The topological polar surface area (TPSA) is 49.7 Å². The van der Waals surface area contributed by atoms with Gasteiger partial charge in [0.2, 0.25) is 0 Å². The Morgan fingerprint density at radius 1 is 1.39 bits per heavy atom. The van der Waals surface area contributed by atoms with Crippen LogP contribution >= 0.6 is 11.8 Å². The number of hydrogen-bond donors (Lipinski definition) is 2. The van der Waals surface area contributed by atoms with Crippen molar-refractivity contribution in [2.24, 2.45) is 0 Å². The molecule has 3 nitrogen and oxygen atoms in total. The molecular formula is C14H18O3S. The van der Waals surface area contributed by atoms with Crippen molar-refractivity contribution in [1.29, 1.82) is 0 Å². The molecule has 0 heterocycles. The maximum absolute atomic E-state index is 8.97. The summed E-state index contributed by atoms with van der Waals surface area (Å²) in [5, 5.41) is 17.9. The van der Waals surface area contributed by atoms with Gasteiger partial charge < -0.3 is 14.9 Å². The van der Waals surface area contributed by atoms with Crippen molar-refractivity contribution >= 4 is 11.8 Å². The van der Waals surface area contributed by atoms with Crippen molar-refractivity contribution in [2.75, 3.05) is 20.3 Å². The molecule has 18 heavy (non-hydrogen) atoms. The molecule has 4 heteroatoms. The highest BCUT2D eigenvalue weighted by atomic mass is 32.2. The molecule has 1 unspecified atom stereocenters. The zero-order valence-electron chi connectivity index (χ0n) is 10.6. The van der Waals surface area contributed by atoms with Gasteiger partial charge in [0.15, 0.2) is 0 Å². The third kappa shape index (κ3) is 4.61. The van der Waals surface area contributed by atoms with Crippen molar-refractivity contribution < 1.29 is 14.9 Å². The largest absolute Gasteiger partial charge is 0.495 e. The van der Waals surface area contributed by atoms with Crippen LogP contribution in [0.4, 0.5) is 0 Å². The maximum atomic E-state index is 8.97. The van der Waals surface area contributed by atoms with Crippen LogP contribution in [0.1, 0.15) is 18.1 Å². The Morgan fingerprint density at radius 3 is 2.78 bits per heavy atom. The second kappa shape index (κ2) is 8.04.